The quantitative estimate of drug-likeness (QED) is 0.674. The molecule has 5 heteroatoms. The molecule has 1 rings (SSSR count). The van der Waals surface area contributed by atoms with Crippen LogP contribution in [0.15, 0.2) is 0 Å². The van der Waals surface area contributed by atoms with Crippen LogP contribution in [0.3, 0.4) is 0 Å². The van der Waals surface area contributed by atoms with Crippen LogP contribution in [0.1, 0.15) is 60.3 Å². The van der Waals surface area contributed by atoms with Crippen LogP contribution < -0.4 is 0 Å². The summed E-state index contributed by atoms with van der Waals surface area (Å²) in [6.45, 7) is 12.3. The van der Waals surface area contributed by atoms with Crippen LogP contribution in [0, 0.1) is 5.41 Å². The average Bonchev–Trinajstić information content (AvgIpc) is 2.92. The van der Waals surface area contributed by atoms with Gasteiger partial charge in [0.15, 0.2) is 0 Å². The zero-order valence-electron chi connectivity index (χ0n) is 16.1. The molecule has 0 N–H and O–H groups in total. The van der Waals surface area contributed by atoms with Gasteiger partial charge in [-0.1, -0.05) is 13.8 Å². The van der Waals surface area contributed by atoms with E-state index in [4.69, 9.17) is 4.74 Å². The summed E-state index contributed by atoms with van der Waals surface area (Å²) >= 11 is 0. The molecule has 1 unspecified atom stereocenters. The van der Waals surface area contributed by atoms with Gasteiger partial charge in [0.1, 0.15) is 6.61 Å². The van der Waals surface area contributed by atoms with Crippen LogP contribution in [0.5, 0.6) is 0 Å². The average molecular weight is 328 g/mol. The number of rotatable bonds is 7. The van der Waals surface area contributed by atoms with Crippen molar-refractivity contribution in [2.75, 3.05) is 33.8 Å². The maximum atomic E-state index is 11.4. The number of amides is 1. The van der Waals surface area contributed by atoms with Crippen LogP contribution >= 0.6 is 0 Å². The van der Waals surface area contributed by atoms with Gasteiger partial charge in [-0.05, 0) is 54.1 Å². The normalized spacial score (nSPS) is 16.2. The molecule has 0 aliphatic carbocycles. The van der Waals surface area contributed by atoms with E-state index in [0.29, 0.717) is 18.6 Å². The number of carbonyl (C=O) groups is 2. The molecule has 1 aliphatic rings. The number of nitrogens with zero attached hydrogens (tertiary/aromatic N) is 2. The summed E-state index contributed by atoms with van der Waals surface area (Å²) < 4.78 is 5.13. The maximum absolute atomic E-state index is 11.4. The first kappa shape index (κ1) is 21.9. The standard InChI is InChI=1S/C10H21NO2.C8H15NO/c1-6-10(2,3)9(12)13-8-7-11(4)5;1-3-7(2)9-6-4-5-8(9)10/h6-8H2,1-5H3;7H,3-6H2,1-2H3. The highest BCUT2D eigenvalue weighted by molar-refractivity contribution is 5.78. The lowest BCUT2D eigenvalue weighted by Gasteiger charge is -2.22. The zero-order chi connectivity index (χ0) is 18.0. The minimum Gasteiger partial charge on any atom is -0.464 e. The molecule has 1 saturated heterocycles. The first-order valence-electron chi connectivity index (χ1n) is 8.77. The molecule has 0 bridgehead atoms. The molecule has 5 nitrogen and oxygen atoms in total. The highest BCUT2D eigenvalue weighted by atomic mass is 16.5. The van der Waals surface area contributed by atoms with Crippen molar-refractivity contribution in [3.05, 3.63) is 0 Å². The molecule has 0 aromatic carbocycles. The molecule has 1 heterocycles. The second kappa shape index (κ2) is 10.6. The summed E-state index contributed by atoms with van der Waals surface area (Å²) in [7, 11) is 3.91. The Morgan fingerprint density at radius 2 is 1.96 bits per heavy atom. The largest absolute Gasteiger partial charge is 0.464 e. The number of likely N-dealkylation sites (tertiary alicyclic amines) is 1. The number of hydrogen-bond donors (Lipinski definition) is 0. The Balaban J connectivity index is 0.000000433. The molecular weight excluding hydrogens is 292 g/mol. The van der Waals surface area contributed by atoms with Crippen molar-refractivity contribution in [1.82, 2.24) is 9.80 Å². The van der Waals surface area contributed by atoms with Gasteiger partial charge in [0.2, 0.25) is 5.91 Å². The van der Waals surface area contributed by atoms with E-state index in [1.165, 1.54) is 0 Å². The van der Waals surface area contributed by atoms with Crippen molar-refractivity contribution in [2.24, 2.45) is 5.41 Å². The van der Waals surface area contributed by atoms with Crippen LogP contribution in [-0.2, 0) is 14.3 Å². The Hall–Kier alpha value is -1.10. The third kappa shape index (κ3) is 8.35. The lowest BCUT2D eigenvalue weighted by Crippen LogP contribution is -2.33. The van der Waals surface area contributed by atoms with E-state index in [1.54, 1.807) is 0 Å². The molecule has 1 amide bonds. The number of hydrogen-bond acceptors (Lipinski definition) is 4. The van der Waals surface area contributed by atoms with Crippen LogP contribution in [0.25, 0.3) is 0 Å². The van der Waals surface area contributed by atoms with Gasteiger partial charge in [-0.3, -0.25) is 9.59 Å². The molecule has 0 spiro atoms. The molecule has 0 radical (unpaired) electrons. The zero-order valence-corrected chi connectivity index (χ0v) is 16.1. The highest BCUT2D eigenvalue weighted by Gasteiger charge is 2.26. The van der Waals surface area contributed by atoms with E-state index in [9.17, 15) is 9.59 Å². The minimum absolute atomic E-state index is 0.100. The van der Waals surface area contributed by atoms with Crippen molar-refractivity contribution in [3.8, 4) is 0 Å². The molecular formula is C18H36N2O3. The topological polar surface area (TPSA) is 49.9 Å². The number of esters is 1. The van der Waals surface area contributed by atoms with Crippen LogP contribution in [-0.4, -0.2) is 61.5 Å². The van der Waals surface area contributed by atoms with Gasteiger partial charge >= 0.3 is 5.97 Å². The fourth-order valence-corrected chi connectivity index (χ4v) is 2.02. The van der Waals surface area contributed by atoms with Crippen molar-refractivity contribution < 1.29 is 14.3 Å². The van der Waals surface area contributed by atoms with E-state index in [1.807, 2.05) is 44.7 Å². The van der Waals surface area contributed by atoms with Gasteiger partial charge in [-0.25, -0.2) is 0 Å². The third-order valence-corrected chi connectivity index (χ3v) is 4.44. The summed E-state index contributed by atoms with van der Waals surface area (Å²) in [6, 6.07) is 0.454. The van der Waals surface area contributed by atoms with Crippen molar-refractivity contribution in [2.45, 2.75) is 66.3 Å². The SMILES string of the molecule is CCC(C)(C)C(=O)OCCN(C)C.CCC(C)N1CCCC1=O. The highest BCUT2D eigenvalue weighted by Crippen LogP contribution is 2.21. The van der Waals surface area contributed by atoms with Gasteiger partial charge in [0.05, 0.1) is 5.41 Å². The summed E-state index contributed by atoms with van der Waals surface area (Å²) in [4.78, 5) is 26.5. The van der Waals surface area contributed by atoms with Gasteiger partial charge < -0.3 is 14.5 Å². The summed E-state index contributed by atoms with van der Waals surface area (Å²) in [5.41, 5.74) is -0.341. The fraction of sp³-hybridized carbons (Fsp3) is 0.889. The predicted molar refractivity (Wildman–Crippen MR) is 94.3 cm³/mol. The lowest BCUT2D eigenvalue weighted by atomic mass is 9.91. The fourth-order valence-electron chi connectivity index (χ4n) is 2.02. The Bertz CT molecular complexity index is 367. The molecule has 1 atom stereocenters. The molecule has 0 aromatic heterocycles. The second-order valence-corrected chi connectivity index (χ2v) is 7.12. The van der Waals surface area contributed by atoms with Gasteiger partial charge in [-0.15, -0.1) is 0 Å². The van der Waals surface area contributed by atoms with E-state index < -0.39 is 0 Å². The molecule has 0 aromatic rings. The Kier molecular flexibility index (Phi) is 10.1. The van der Waals surface area contributed by atoms with Gasteiger partial charge in [0.25, 0.3) is 0 Å². The third-order valence-electron chi connectivity index (χ3n) is 4.44. The summed E-state index contributed by atoms with van der Waals surface area (Å²) in [6.07, 6.45) is 3.72. The minimum atomic E-state index is -0.341. The Labute approximate surface area is 142 Å². The van der Waals surface area contributed by atoms with E-state index >= 15 is 0 Å². The van der Waals surface area contributed by atoms with Gasteiger partial charge in [0, 0.05) is 25.6 Å². The van der Waals surface area contributed by atoms with E-state index in [0.717, 1.165) is 38.8 Å². The monoisotopic (exact) mass is 328 g/mol. The molecule has 1 aliphatic heterocycles. The number of carbonyl (C=O) groups excluding carboxylic acids is 2. The Morgan fingerprint density at radius 3 is 2.35 bits per heavy atom. The molecule has 1 fully saturated rings. The summed E-state index contributed by atoms with van der Waals surface area (Å²) in [5, 5.41) is 0. The lowest BCUT2D eigenvalue weighted by molar-refractivity contribution is -0.154. The first-order chi connectivity index (χ1) is 10.7. The van der Waals surface area contributed by atoms with Crippen molar-refractivity contribution in [3.63, 3.8) is 0 Å². The van der Waals surface area contributed by atoms with Gasteiger partial charge in [-0.2, -0.15) is 0 Å². The molecule has 23 heavy (non-hydrogen) atoms. The first-order valence-corrected chi connectivity index (χ1v) is 8.77. The number of likely N-dealkylation sites (N-methyl/N-ethyl adjacent to an activating group) is 1. The van der Waals surface area contributed by atoms with E-state index in [-0.39, 0.29) is 11.4 Å². The van der Waals surface area contributed by atoms with Crippen molar-refractivity contribution >= 4 is 11.9 Å². The summed E-state index contributed by atoms with van der Waals surface area (Å²) in [5.74, 6) is 0.242. The van der Waals surface area contributed by atoms with Crippen LogP contribution in [0.2, 0.25) is 0 Å². The maximum Gasteiger partial charge on any atom is 0.311 e. The smallest absolute Gasteiger partial charge is 0.311 e. The Morgan fingerprint density at radius 1 is 1.35 bits per heavy atom. The van der Waals surface area contributed by atoms with E-state index in [2.05, 4.69) is 13.8 Å². The molecule has 136 valence electrons. The second-order valence-electron chi connectivity index (χ2n) is 7.12. The predicted octanol–water partition coefficient (Wildman–Crippen LogP) is 2.93. The van der Waals surface area contributed by atoms with Crippen molar-refractivity contribution in [1.29, 1.82) is 0 Å². The van der Waals surface area contributed by atoms with Crippen LogP contribution in [0.4, 0.5) is 0 Å². The number of ether oxygens (including phenoxy) is 1. The molecule has 0 saturated carbocycles.